The average Bonchev–Trinajstić information content (AvgIpc) is 2.75. The predicted molar refractivity (Wildman–Crippen MR) is 114 cm³/mol. The zero-order chi connectivity index (χ0) is 22.6. The zero-order valence-electron chi connectivity index (χ0n) is 16.7. The number of sulfonamides is 1. The molecule has 7 nitrogen and oxygen atoms in total. The first-order valence-corrected chi connectivity index (χ1v) is 10.6. The second-order valence-corrected chi connectivity index (χ2v) is 8.29. The molecule has 3 aromatic rings. The lowest BCUT2D eigenvalue weighted by molar-refractivity contribution is 0.0600. The third kappa shape index (κ3) is 5.26. The highest BCUT2D eigenvalue weighted by Gasteiger charge is 2.15. The van der Waals surface area contributed by atoms with Gasteiger partial charge in [-0.1, -0.05) is 6.07 Å². The minimum Gasteiger partial charge on any atom is -0.465 e. The Morgan fingerprint density at radius 3 is 2.13 bits per heavy atom. The fourth-order valence-corrected chi connectivity index (χ4v) is 3.77. The maximum atomic E-state index is 13.0. The van der Waals surface area contributed by atoms with Gasteiger partial charge in [0.2, 0.25) is 0 Å². The van der Waals surface area contributed by atoms with Crippen molar-refractivity contribution in [2.45, 2.75) is 11.8 Å². The fraction of sp³-hybridized carbons (Fsp3) is 0.0909. The molecule has 9 heteroatoms. The van der Waals surface area contributed by atoms with E-state index in [1.54, 1.807) is 19.1 Å². The Bertz CT molecular complexity index is 1220. The maximum Gasteiger partial charge on any atom is 0.337 e. The molecule has 0 aliphatic heterocycles. The SMILES string of the molecule is COC(=O)c1ccc(C)c(NC(=O)c2ccc(NS(=O)(=O)c3ccc(F)cc3)cc2)c1. The minimum absolute atomic E-state index is 0.0864. The van der Waals surface area contributed by atoms with Crippen LogP contribution in [-0.4, -0.2) is 27.4 Å². The highest BCUT2D eigenvalue weighted by molar-refractivity contribution is 7.92. The molecule has 0 radical (unpaired) electrons. The lowest BCUT2D eigenvalue weighted by Crippen LogP contribution is -2.15. The number of hydrogen-bond donors (Lipinski definition) is 2. The maximum absolute atomic E-state index is 13.0. The normalized spacial score (nSPS) is 10.9. The summed E-state index contributed by atoms with van der Waals surface area (Å²) < 4.78 is 44.8. The summed E-state index contributed by atoms with van der Waals surface area (Å²) in [4.78, 5) is 24.2. The topological polar surface area (TPSA) is 102 Å². The molecule has 0 aromatic heterocycles. The quantitative estimate of drug-likeness (QED) is 0.563. The van der Waals surface area contributed by atoms with Gasteiger partial charge in [0.25, 0.3) is 15.9 Å². The van der Waals surface area contributed by atoms with E-state index >= 15 is 0 Å². The van der Waals surface area contributed by atoms with Crippen molar-refractivity contribution in [2.75, 3.05) is 17.1 Å². The fourth-order valence-electron chi connectivity index (χ4n) is 2.71. The van der Waals surface area contributed by atoms with E-state index in [9.17, 15) is 22.4 Å². The molecule has 0 heterocycles. The number of hydrogen-bond acceptors (Lipinski definition) is 5. The molecule has 0 spiro atoms. The van der Waals surface area contributed by atoms with E-state index in [1.807, 2.05) is 0 Å². The first kappa shape index (κ1) is 22.0. The Morgan fingerprint density at radius 2 is 1.52 bits per heavy atom. The molecule has 31 heavy (non-hydrogen) atoms. The van der Waals surface area contributed by atoms with Crippen molar-refractivity contribution < 1.29 is 27.1 Å². The summed E-state index contributed by atoms with van der Waals surface area (Å²) in [7, 11) is -2.62. The van der Waals surface area contributed by atoms with Gasteiger partial charge in [-0.2, -0.15) is 0 Å². The molecule has 0 aliphatic rings. The number of halogens is 1. The summed E-state index contributed by atoms with van der Waals surface area (Å²) in [5.74, 6) is -1.49. The van der Waals surface area contributed by atoms with Crippen LogP contribution < -0.4 is 10.0 Å². The molecule has 160 valence electrons. The van der Waals surface area contributed by atoms with Crippen molar-refractivity contribution in [2.24, 2.45) is 0 Å². The summed E-state index contributed by atoms with van der Waals surface area (Å²) in [6.07, 6.45) is 0. The van der Waals surface area contributed by atoms with E-state index < -0.39 is 27.7 Å². The largest absolute Gasteiger partial charge is 0.465 e. The van der Waals surface area contributed by atoms with Crippen LogP contribution in [0.25, 0.3) is 0 Å². The van der Waals surface area contributed by atoms with Gasteiger partial charge in [0.1, 0.15) is 5.82 Å². The van der Waals surface area contributed by atoms with Crippen LogP contribution in [0.15, 0.2) is 71.6 Å². The minimum atomic E-state index is -3.89. The highest BCUT2D eigenvalue weighted by Crippen LogP contribution is 2.20. The number of benzene rings is 3. The van der Waals surface area contributed by atoms with E-state index in [0.717, 1.165) is 29.8 Å². The van der Waals surface area contributed by atoms with Crippen LogP contribution in [0.3, 0.4) is 0 Å². The van der Waals surface area contributed by atoms with Gasteiger partial charge in [0.05, 0.1) is 17.6 Å². The molecule has 0 aliphatic carbocycles. The highest BCUT2D eigenvalue weighted by atomic mass is 32.2. The monoisotopic (exact) mass is 442 g/mol. The summed E-state index contributed by atoms with van der Waals surface area (Å²) >= 11 is 0. The van der Waals surface area contributed by atoms with Gasteiger partial charge < -0.3 is 10.1 Å². The van der Waals surface area contributed by atoms with Gasteiger partial charge in [-0.3, -0.25) is 9.52 Å². The summed E-state index contributed by atoms with van der Waals surface area (Å²) in [5, 5.41) is 2.72. The Hall–Kier alpha value is -3.72. The zero-order valence-corrected chi connectivity index (χ0v) is 17.5. The van der Waals surface area contributed by atoms with Gasteiger partial charge in [-0.05, 0) is 73.2 Å². The molecule has 0 saturated heterocycles. The van der Waals surface area contributed by atoms with Crippen LogP contribution in [0, 0.1) is 12.7 Å². The van der Waals surface area contributed by atoms with Crippen LogP contribution in [-0.2, 0) is 14.8 Å². The molecule has 0 unspecified atom stereocenters. The Labute approximate surface area is 178 Å². The number of carbonyl (C=O) groups is 2. The number of anilines is 2. The lowest BCUT2D eigenvalue weighted by atomic mass is 10.1. The number of aryl methyl sites for hydroxylation is 1. The Balaban J connectivity index is 1.73. The van der Waals surface area contributed by atoms with E-state index in [4.69, 9.17) is 0 Å². The van der Waals surface area contributed by atoms with Crippen molar-refractivity contribution in [3.63, 3.8) is 0 Å². The summed E-state index contributed by atoms with van der Waals surface area (Å²) in [6, 6.07) is 15.0. The first-order chi connectivity index (χ1) is 14.7. The number of esters is 1. The average molecular weight is 442 g/mol. The van der Waals surface area contributed by atoms with Crippen molar-refractivity contribution in [1.82, 2.24) is 0 Å². The molecule has 2 N–H and O–H groups in total. The number of amides is 1. The standard InChI is InChI=1S/C22H19FN2O5S/c1-14-3-4-16(22(27)30-2)13-20(14)24-21(26)15-5-9-18(10-6-15)25-31(28,29)19-11-7-17(23)8-12-19/h3-13,25H,1-2H3,(H,24,26). The van der Waals surface area contributed by atoms with Crippen molar-refractivity contribution in [3.8, 4) is 0 Å². The second kappa shape index (κ2) is 8.97. The third-order valence-corrected chi connectivity index (χ3v) is 5.83. The number of rotatable bonds is 6. The second-order valence-electron chi connectivity index (χ2n) is 6.61. The van der Waals surface area contributed by atoms with Gasteiger partial charge in [0.15, 0.2) is 0 Å². The van der Waals surface area contributed by atoms with Crippen molar-refractivity contribution in [3.05, 3.63) is 89.2 Å². The molecule has 0 saturated carbocycles. The van der Waals surface area contributed by atoms with Crippen LogP contribution >= 0.6 is 0 Å². The first-order valence-electron chi connectivity index (χ1n) is 9.08. The van der Waals surface area contributed by atoms with E-state index in [1.165, 1.54) is 37.4 Å². The van der Waals surface area contributed by atoms with Crippen molar-refractivity contribution in [1.29, 1.82) is 0 Å². The van der Waals surface area contributed by atoms with Gasteiger partial charge in [0, 0.05) is 16.9 Å². The van der Waals surface area contributed by atoms with Gasteiger partial charge in [-0.25, -0.2) is 17.6 Å². The number of nitrogens with one attached hydrogen (secondary N) is 2. The molecular weight excluding hydrogens is 423 g/mol. The molecular formula is C22H19FN2O5S. The molecule has 3 aromatic carbocycles. The van der Waals surface area contributed by atoms with Crippen LogP contribution in [0.1, 0.15) is 26.3 Å². The van der Waals surface area contributed by atoms with Crippen molar-refractivity contribution >= 4 is 33.3 Å². The van der Waals surface area contributed by atoms with Crippen LogP contribution in [0.4, 0.5) is 15.8 Å². The smallest absolute Gasteiger partial charge is 0.337 e. The molecule has 0 fully saturated rings. The Kier molecular flexibility index (Phi) is 6.36. The third-order valence-electron chi connectivity index (χ3n) is 4.43. The summed E-state index contributed by atoms with van der Waals surface area (Å²) in [6.45, 7) is 1.78. The molecule has 0 bridgehead atoms. The Morgan fingerprint density at radius 1 is 0.903 bits per heavy atom. The van der Waals surface area contributed by atoms with Gasteiger partial charge in [-0.15, -0.1) is 0 Å². The summed E-state index contributed by atoms with van der Waals surface area (Å²) in [5.41, 5.74) is 2.03. The molecule has 3 rings (SSSR count). The van der Waals surface area contributed by atoms with Gasteiger partial charge >= 0.3 is 5.97 Å². The van der Waals surface area contributed by atoms with Crippen LogP contribution in [0.2, 0.25) is 0 Å². The number of methoxy groups -OCH3 is 1. The van der Waals surface area contributed by atoms with Crippen LogP contribution in [0.5, 0.6) is 0 Å². The number of carbonyl (C=O) groups excluding carboxylic acids is 2. The lowest BCUT2D eigenvalue weighted by Gasteiger charge is -2.11. The predicted octanol–water partition coefficient (Wildman–Crippen LogP) is 3.97. The van der Waals surface area contributed by atoms with E-state index in [0.29, 0.717) is 11.3 Å². The molecule has 1 amide bonds. The van der Waals surface area contributed by atoms with E-state index in [2.05, 4.69) is 14.8 Å². The molecule has 0 atom stereocenters. The number of ether oxygens (including phenoxy) is 1. The van der Waals surface area contributed by atoms with E-state index in [-0.39, 0.29) is 16.1 Å².